The highest BCUT2D eigenvalue weighted by Gasteiger charge is 2.67. The van der Waals surface area contributed by atoms with Crippen LogP contribution in [0.5, 0.6) is 0 Å². The summed E-state index contributed by atoms with van der Waals surface area (Å²) in [5.74, 6) is 0.266. The summed E-state index contributed by atoms with van der Waals surface area (Å²) in [6.07, 6.45) is 5.39. The number of nitrogens with zero attached hydrogens (tertiary/aromatic N) is 1. The fourth-order valence-electron chi connectivity index (χ4n) is 5.05. The second-order valence-electron chi connectivity index (χ2n) is 7.47. The second-order valence-corrected chi connectivity index (χ2v) is 7.91. The van der Waals surface area contributed by atoms with Crippen molar-refractivity contribution in [2.75, 3.05) is 11.9 Å². The Balaban J connectivity index is 1.32. The minimum Gasteiger partial charge on any atom is -0.325 e. The Kier molecular flexibility index (Phi) is 3.14. The van der Waals surface area contributed by atoms with Crippen molar-refractivity contribution in [3.63, 3.8) is 0 Å². The molecule has 6 rings (SSSR count). The molecule has 1 aliphatic heterocycles. The van der Waals surface area contributed by atoms with E-state index in [1.165, 1.54) is 4.90 Å². The van der Waals surface area contributed by atoms with Crippen molar-refractivity contribution in [3.05, 3.63) is 41.4 Å². The summed E-state index contributed by atoms with van der Waals surface area (Å²) in [7, 11) is 0. The van der Waals surface area contributed by atoms with Crippen LogP contribution in [-0.2, 0) is 14.4 Å². The topological polar surface area (TPSA) is 66.5 Å². The standard InChI is InChI=1S/C19H17ClN2O3/c20-9-1-3-10(4-2-9)21-15(23)8-22-18(24)16-11-5-6-12(14-7-13(11)14)17(16)19(22)25/h1-6,11-14,16-17H,7-8H2,(H,21,23)/t11-,12-,13-,14+,16-,17+/m0/s1. The lowest BCUT2D eigenvalue weighted by Gasteiger charge is -2.37. The normalized spacial score (nSPS) is 37.1. The molecule has 2 bridgehead atoms. The van der Waals surface area contributed by atoms with E-state index in [0.717, 1.165) is 6.42 Å². The molecular formula is C19H17ClN2O3. The van der Waals surface area contributed by atoms with Crippen LogP contribution in [0.1, 0.15) is 6.42 Å². The molecule has 1 saturated heterocycles. The minimum absolute atomic E-state index is 0.175. The van der Waals surface area contributed by atoms with Crippen LogP contribution < -0.4 is 5.32 Å². The summed E-state index contributed by atoms with van der Waals surface area (Å²) in [5, 5.41) is 3.29. The number of hydrogen-bond acceptors (Lipinski definition) is 3. The molecule has 0 aromatic heterocycles. The number of hydrogen-bond donors (Lipinski definition) is 1. The van der Waals surface area contributed by atoms with Crippen molar-refractivity contribution in [1.82, 2.24) is 4.90 Å². The maximum atomic E-state index is 12.8. The monoisotopic (exact) mass is 356 g/mol. The SMILES string of the molecule is O=C(CN1C(=O)[C@@H]2[C@H]3C=C[C@@H]([C@@H]4C[C@H]34)[C@@H]2C1=O)Nc1ccc(Cl)cc1. The predicted octanol–water partition coefficient (Wildman–Crippen LogP) is 2.33. The van der Waals surface area contributed by atoms with Gasteiger partial charge < -0.3 is 5.32 Å². The predicted molar refractivity (Wildman–Crippen MR) is 91.5 cm³/mol. The van der Waals surface area contributed by atoms with Crippen LogP contribution in [0.2, 0.25) is 5.02 Å². The number of benzene rings is 1. The van der Waals surface area contributed by atoms with Gasteiger partial charge in [0.1, 0.15) is 6.54 Å². The highest BCUT2D eigenvalue weighted by atomic mass is 35.5. The Morgan fingerprint density at radius 2 is 1.60 bits per heavy atom. The number of nitrogens with one attached hydrogen (secondary N) is 1. The number of carbonyl (C=O) groups excluding carboxylic acids is 3. The van der Waals surface area contributed by atoms with Gasteiger partial charge in [0.2, 0.25) is 17.7 Å². The summed E-state index contributed by atoms with van der Waals surface area (Å²) >= 11 is 5.83. The highest BCUT2D eigenvalue weighted by molar-refractivity contribution is 6.30. The maximum absolute atomic E-state index is 12.8. The van der Waals surface area contributed by atoms with Gasteiger partial charge in [-0.15, -0.1) is 0 Å². The Morgan fingerprint density at radius 1 is 1.04 bits per heavy atom. The van der Waals surface area contributed by atoms with Gasteiger partial charge in [0.25, 0.3) is 0 Å². The average Bonchev–Trinajstić information content (AvgIpc) is 3.38. The van der Waals surface area contributed by atoms with E-state index in [1.54, 1.807) is 24.3 Å². The minimum atomic E-state index is -0.367. The Hall–Kier alpha value is -2.14. The molecule has 0 unspecified atom stereocenters. The third-order valence-corrected chi connectivity index (χ3v) is 6.44. The Bertz CT molecular complexity index is 782. The van der Waals surface area contributed by atoms with E-state index < -0.39 is 0 Å². The van der Waals surface area contributed by atoms with Crippen molar-refractivity contribution in [2.24, 2.45) is 35.5 Å². The first kappa shape index (κ1) is 15.1. The first-order valence-corrected chi connectivity index (χ1v) is 9.01. The molecule has 0 spiro atoms. The van der Waals surface area contributed by atoms with Gasteiger partial charge >= 0.3 is 0 Å². The van der Waals surface area contributed by atoms with Crippen LogP contribution >= 0.6 is 11.6 Å². The molecule has 1 aromatic rings. The van der Waals surface area contributed by atoms with Crippen molar-refractivity contribution >= 4 is 35.0 Å². The quantitative estimate of drug-likeness (QED) is 0.667. The molecule has 3 fully saturated rings. The Labute approximate surface area is 150 Å². The lowest BCUT2D eigenvalue weighted by molar-refractivity contribution is -0.142. The van der Waals surface area contributed by atoms with Crippen LogP contribution in [0.15, 0.2) is 36.4 Å². The number of imide groups is 1. The van der Waals surface area contributed by atoms with E-state index in [4.69, 9.17) is 11.6 Å². The van der Waals surface area contributed by atoms with Gasteiger partial charge in [-0.1, -0.05) is 23.8 Å². The fourth-order valence-corrected chi connectivity index (χ4v) is 5.18. The number of amides is 3. The van der Waals surface area contributed by atoms with Gasteiger partial charge in [-0.25, -0.2) is 0 Å². The molecule has 0 radical (unpaired) electrons. The third kappa shape index (κ3) is 2.18. The zero-order valence-corrected chi connectivity index (χ0v) is 14.1. The smallest absolute Gasteiger partial charge is 0.244 e. The Morgan fingerprint density at radius 3 is 2.16 bits per heavy atom. The number of carbonyl (C=O) groups is 3. The van der Waals surface area contributed by atoms with Crippen molar-refractivity contribution in [1.29, 1.82) is 0 Å². The molecule has 6 atom stereocenters. The number of halogens is 1. The van der Waals surface area contributed by atoms with Gasteiger partial charge in [-0.2, -0.15) is 0 Å². The summed E-state index contributed by atoms with van der Waals surface area (Å²) < 4.78 is 0. The van der Waals surface area contributed by atoms with Gasteiger partial charge in [0.15, 0.2) is 0 Å². The largest absolute Gasteiger partial charge is 0.325 e. The molecule has 5 aliphatic rings. The molecule has 1 aromatic carbocycles. The van der Waals surface area contributed by atoms with Gasteiger partial charge in [0.05, 0.1) is 11.8 Å². The molecule has 5 nitrogen and oxygen atoms in total. The first-order valence-electron chi connectivity index (χ1n) is 8.63. The summed E-state index contributed by atoms with van der Waals surface area (Å²) in [6.45, 7) is -0.220. The van der Waals surface area contributed by atoms with Gasteiger partial charge in [-0.3, -0.25) is 19.3 Å². The third-order valence-electron chi connectivity index (χ3n) is 6.18. The number of likely N-dealkylation sites (tertiary alicyclic amines) is 1. The van der Waals surface area contributed by atoms with Crippen molar-refractivity contribution in [2.45, 2.75) is 6.42 Å². The van der Waals surface area contributed by atoms with Gasteiger partial charge in [0, 0.05) is 10.7 Å². The summed E-state index contributed by atoms with van der Waals surface area (Å²) in [5.41, 5.74) is 0.592. The van der Waals surface area contributed by atoms with Crippen LogP contribution in [0.3, 0.4) is 0 Å². The molecule has 6 heteroatoms. The van der Waals surface area contributed by atoms with Crippen LogP contribution in [0.4, 0.5) is 5.69 Å². The van der Waals surface area contributed by atoms with Crippen LogP contribution in [0.25, 0.3) is 0 Å². The van der Waals surface area contributed by atoms with Crippen LogP contribution in [-0.4, -0.2) is 29.2 Å². The van der Waals surface area contributed by atoms with Crippen molar-refractivity contribution in [3.8, 4) is 0 Å². The zero-order valence-electron chi connectivity index (χ0n) is 13.4. The van der Waals surface area contributed by atoms with Gasteiger partial charge in [-0.05, 0) is 54.4 Å². The number of anilines is 1. The van der Waals surface area contributed by atoms with E-state index in [-0.39, 0.29) is 47.9 Å². The van der Waals surface area contributed by atoms with E-state index in [1.807, 2.05) is 0 Å². The molecule has 1 N–H and O–H groups in total. The molecular weight excluding hydrogens is 340 g/mol. The number of allylic oxidation sites excluding steroid dienone is 2. The lowest BCUT2D eigenvalue weighted by Crippen LogP contribution is -2.40. The van der Waals surface area contributed by atoms with E-state index in [0.29, 0.717) is 22.5 Å². The summed E-state index contributed by atoms with van der Waals surface area (Å²) in [4.78, 5) is 39.1. The number of rotatable bonds is 3. The van der Waals surface area contributed by atoms with E-state index in [2.05, 4.69) is 17.5 Å². The molecule has 3 amide bonds. The van der Waals surface area contributed by atoms with Crippen molar-refractivity contribution < 1.29 is 14.4 Å². The molecule has 128 valence electrons. The lowest BCUT2D eigenvalue weighted by atomic mass is 9.63. The molecule has 1 heterocycles. The molecule has 2 saturated carbocycles. The molecule has 4 aliphatic carbocycles. The summed E-state index contributed by atoms with van der Waals surface area (Å²) in [6, 6.07) is 6.72. The van der Waals surface area contributed by atoms with E-state index in [9.17, 15) is 14.4 Å². The maximum Gasteiger partial charge on any atom is 0.244 e. The fraction of sp³-hybridized carbons (Fsp3) is 0.421. The van der Waals surface area contributed by atoms with Crippen LogP contribution in [0, 0.1) is 35.5 Å². The first-order chi connectivity index (χ1) is 12.0. The second kappa shape index (κ2) is 5.18. The van der Waals surface area contributed by atoms with E-state index >= 15 is 0 Å². The zero-order chi connectivity index (χ0) is 17.3. The molecule has 25 heavy (non-hydrogen) atoms. The average molecular weight is 357 g/mol. The highest BCUT2D eigenvalue weighted by Crippen LogP contribution is 2.65.